The number of halogens is 1. The molecule has 3 heteroatoms. The van der Waals surface area contributed by atoms with Crippen LogP contribution in [0.2, 0.25) is 0 Å². The number of hydrogen-bond acceptors (Lipinski definition) is 2. The highest BCUT2D eigenvalue weighted by atomic mass is 19.1. The molecule has 1 aromatic carbocycles. The molecule has 1 aliphatic heterocycles. The number of benzene rings is 1. The summed E-state index contributed by atoms with van der Waals surface area (Å²) in [7, 11) is 0. The third-order valence-corrected chi connectivity index (χ3v) is 2.57. The summed E-state index contributed by atoms with van der Waals surface area (Å²) in [5, 5.41) is 3.16. The predicted octanol–water partition coefficient (Wildman–Crippen LogP) is 0.840. The van der Waals surface area contributed by atoms with Crippen LogP contribution >= 0.6 is 0 Å². The highest BCUT2D eigenvalue weighted by Gasteiger charge is 2.26. The molecule has 1 fully saturated rings. The van der Waals surface area contributed by atoms with Gasteiger partial charge in [0, 0.05) is 25.0 Å². The van der Waals surface area contributed by atoms with E-state index < -0.39 is 0 Å². The fraction of sp³-hybridized carbons (Fsp3) is 0.400. The average Bonchev–Trinajstić information content (AvgIpc) is 2.52. The molecule has 0 saturated carbocycles. The monoisotopic (exact) mass is 180 g/mol. The summed E-state index contributed by atoms with van der Waals surface area (Å²) < 4.78 is 13.3. The van der Waals surface area contributed by atoms with Crippen LogP contribution in [0.3, 0.4) is 0 Å². The van der Waals surface area contributed by atoms with Gasteiger partial charge in [-0.15, -0.1) is 0 Å². The van der Waals surface area contributed by atoms with Crippen LogP contribution in [0.5, 0.6) is 0 Å². The van der Waals surface area contributed by atoms with Gasteiger partial charge in [-0.1, -0.05) is 18.2 Å². The molecule has 1 aliphatic rings. The number of nitrogens with two attached hydrogens (primary N) is 1. The normalized spacial score (nSPS) is 27.8. The van der Waals surface area contributed by atoms with E-state index in [2.05, 4.69) is 5.32 Å². The van der Waals surface area contributed by atoms with Gasteiger partial charge in [0.05, 0.1) is 0 Å². The van der Waals surface area contributed by atoms with E-state index in [1.165, 1.54) is 6.07 Å². The smallest absolute Gasteiger partial charge is 0.126 e. The largest absolute Gasteiger partial charge is 0.326 e. The Hall–Kier alpha value is -0.930. The molecule has 13 heavy (non-hydrogen) atoms. The van der Waals surface area contributed by atoms with Crippen molar-refractivity contribution in [1.29, 1.82) is 0 Å². The molecule has 2 atom stereocenters. The molecular weight excluding hydrogens is 167 g/mol. The molecule has 0 aromatic heterocycles. The van der Waals surface area contributed by atoms with Crippen molar-refractivity contribution in [2.24, 2.45) is 5.73 Å². The molecule has 0 spiro atoms. The van der Waals surface area contributed by atoms with Crippen molar-refractivity contribution < 1.29 is 4.39 Å². The molecule has 0 bridgehead atoms. The molecule has 2 unspecified atom stereocenters. The molecule has 1 saturated heterocycles. The fourth-order valence-electron chi connectivity index (χ4n) is 1.82. The van der Waals surface area contributed by atoms with Gasteiger partial charge in [-0.2, -0.15) is 0 Å². The van der Waals surface area contributed by atoms with Crippen molar-refractivity contribution in [3.05, 3.63) is 35.6 Å². The van der Waals surface area contributed by atoms with Gasteiger partial charge in [-0.25, -0.2) is 4.39 Å². The van der Waals surface area contributed by atoms with Gasteiger partial charge < -0.3 is 11.1 Å². The van der Waals surface area contributed by atoms with Crippen molar-refractivity contribution >= 4 is 0 Å². The van der Waals surface area contributed by atoms with Gasteiger partial charge in [0.25, 0.3) is 0 Å². The Bertz CT molecular complexity index is 301. The highest BCUT2D eigenvalue weighted by Crippen LogP contribution is 2.23. The third kappa shape index (κ3) is 1.57. The van der Waals surface area contributed by atoms with Crippen LogP contribution in [0.15, 0.2) is 24.3 Å². The first-order valence-corrected chi connectivity index (χ1v) is 4.50. The first-order valence-electron chi connectivity index (χ1n) is 4.50. The van der Waals surface area contributed by atoms with Gasteiger partial charge >= 0.3 is 0 Å². The van der Waals surface area contributed by atoms with E-state index in [0.29, 0.717) is 0 Å². The standard InChI is InChI=1S/C10H13FN2/c11-9-4-2-1-3-7(9)8-5-13-6-10(8)12/h1-4,8,10,13H,5-6,12H2. The number of hydrogen-bond donors (Lipinski definition) is 2. The lowest BCUT2D eigenvalue weighted by molar-refractivity contribution is 0.566. The molecule has 1 heterocycles. The lowest BCUT2D eigenvalue weighted by atomic mass is 9.94. The van der Waals surface area contributed by atoms with Crippen LogP contribution in [0.1, 0.15) is 11.5 Å². The SMILES string of the molecule is NC1CNCC1c1ccccc1F. The molecule has 0 amide bonds. The summed E-state index contributed by atoms with van der Waals surface area (Å²) in [5.41, 5.74) is 6.59. The maximum absolute atomic E-state index is 13.3. The minimum Gasteiger partial charge on any atom is -0.326 e. The summed E-state index contributed by atoms with van der Waals surface area (Å²) >= 11 is 0. The van der Waals surface area contributed by atoms with Gasteiger partial charge in [-0.3, -0.25) is 0 Å². The van der Waals surface area contributed by atoms with Crippen LogP contribution in [-0.4, -0.2) is 19.1 Å². The zero-order valence-electron chi connectivity index (χ0n) is 7.33. The van der Waals surface area contributed by atoms with Crippen LogP contribution in [0.4, 0.5) is 4.39 Å². The van der Waals surface area contributed by atoms with Crippen LogP contribution < -0.4 is 11.1 Å². The van der Waals surface area contributed by atoms with Gasteiger partial charge in [0.2, 0.25) is 0 Å². The van der Waals surface area contributed by atoms with E-state index >= 15 is 0 Å². The summed E-state index contributed by atoms with van der Waals surface area (Å²) in [6, 6.07) is 6.89. The third-order valence-electron chi connectivity index (χ3n) is 2.57. The second kappa shape index (κ2) is 3.44. The Morgan fingerprint density at radius 3 is 2.69 bits per heavy atom. The highest BCUT2D eigenvalue weighted by molar-refractivity contribution is 5.25. The van der Waals surface area contributed by atoms with E-state index in [0.717, 1.165) is 18.7 Å². The quantitative estimate of drug-likeness (QED) is 0.672. The lowest BCUT2D eigenvalue weighted by Crippen LogP contribution is -2.28. The molecule has 2 rings (SSSR count). The number of rotatable bonds is 1. The van der Waals surface area contributed by atoms with Gasteiger partial charge in [0.1, 0.15) is 5.82 Å². The Labute approximate surface area is 76.9 Å². The second-order valence-corrected chi connectivity index (χ2v) is 3.45. The zero-order valence-corrected chi connectivity index (χ0v) is 7.33. The molecule has 70 valence electrons. The maximum atomic E-state index is 13.3. The van der Waals surface area contributed by atoms with Crippen molar-refractivity contribution in [1.82, 2.24) is 5.32 Å². The Kier molecular flexibility index (Phi) is 2.29. The minimum atomic E-state index is -0.147. The maximum Gasteiger partial charge on any atom is 0.126 e. The van der Waals surface area contributed by atoms with Crippen LogP contribution in [-0.2, 0) is 0 Å². The molecular formula is C10H13FN2. The Morgan fingerprint density at radius 2 is 2.08 bits per heavy atom. The molecule has 0 aliphatic carbocycles. The van der Waals surface area contributed by atoms with Crippen molar-refractivity contribution in [3.63, 3.8) is 0 Å². The van der Waals surface area contributed by atoms with Crippen molar-refractivity contribution in [2.75, 3.05) is 13.1 Å². The average molecular weight is 180 g/mol. The zero-order chi connectivity index (χ0) is 9.26. The molecule has 0 radical (unpaired) electrons. The van der Waals surface area contributed by atoms with E-state index in [1.54, 1.807) is 6.07 Å². The molecule has 3 N–H and O–H groups in total. The second-order valence-electron chi connectivity index (χ2n) is 3.45. The minimum absolute atomic E-state index is 0.0388. The summed E-state index contributed by atoms with van der Waals surface area (Å²) in [4.78, 5) is 0. The lowest BCUT2D eigenvalue weighted by Gasteiger charge is -2.14. The Balaban J connectivity index is 2.29. The molecule has 1 aromatic rings. The van der Waals surface area contributed by atoms with Gasteiger partial charge in [-0.05, 0) is 11.6 Å². The van der Waals surface area contributed by atoms with Crippen molar-refractivity contribution in [3.8, 4) is 0 Å². The van der Waals surface area contributed by atoms with Crippen LogP contribution in [0.25, 0.3) is 0 Å². The predicted molar refractivity (Wildman–Crippen MR) is 50.0 cm³/mol. The van der Waals surface area contributed by atoms with Crippen molar-refractivity contribution in [2.45, 2.75) is 12.0 Å². The first-order chi connectivity index (χ1) is 6.29. The van der Waals surface area contributed by atoms with E-state index in [9.17, 15) is 4.39 Å². The van der Waals surface area contributed by atoms with E-state index in [-0.39, 0.29) is 17.8 Å². The molecule has 2 nitrogen and oxygen atoms in total. The number of nitrogens with one attached hydrogen (secondary N) is 1. The fourth-order valence-corrected chi connectivity index (χ4v) is 1.82. The summed E-state index contributed by atoms with van der Waals surface area (Å²) in [6.07, 6.45) is 0. The van der Waals surface area contributed by atoms with Gasteiger partial charge in [0.15, 0.2) is 0 Å². The summed E-state index contributed by atoms with van der Waals surface area (Å²) in [5.74, 6) is -0.0205. The van der Waals surface area contributed by atoms with Crippen LogP contribution in [0, 0.1) is 5.82 Å². The topological polar surface area (TPSA) is 38.0 Å². The summed E-state index contributed by atoms with van der Waals surface area (Å²) in [6.45, 7) is 1.56. The van der Waals surface area contributed by atoms with E-state index in [1.807, 2.05) is 12.1 Å². The Morgan fingerprint density at radius 1 is 1.31 bits per heavy atom. The van der Waals surface area contributed by atoms with E-state index in [4.69, 9.17) is 5.73 Å². The first kappa shape index (κ1) is 8.66.